The first kappa shape index (κ1) is 20.7. The number of hydrogen-bond acceptors (Lipinski definition) is 8. The van der Waals surface area contributed by atoms with E-state index in [4.69, 9.17) is 10.5 Å². The molecule has 0 unspecified atom stereocenters. The van der Waals surface area contributed by atoms with Crippen LogP contribution in [0.15, 0.2) is 68.8 Å². The van der Waals surface area contributed by atoms with Crippen molar-refractivity contribution in [2.75, 3.05) is 7.11 Å². The Balaban J connectivity index is 1.69. The molecule has 0 saturated heterocycles. The molecule has 2 N–H and O–H groups in total. The highest BCUT2D eigenvalue weighted by atomic mass is 32.2. The van der Waals surface area contributed by atoms with Crippen LogP contribution >= 0.6 is 11.3 Å². The van der Waals surface area contributed by atoms with Gasteiger partial charge in [0.05, 0.1) is 39.9 Å². The molecule has 31 heavy (non-hydrogen) atoms. The molecule has 0 fully saturated rings. The topological polar surface area (TPSA) is 134 Å². The van der Waals surface area contributed by atoms with Gasteiger partial charge in [0, 0.05) is 23.0 Å². The maximum atomic E-state index is 12.9. The lowest BCUT2D eigenvalue weighted by molar-refractivity contribution is 0.100. The van der Waals surface area contributed by atoms with E-state index in [9.17, 15) is 18.0 Å². The predicted molar refractivity (Wildman–Crippen MR) is 114 cm³/mol. The number of amides is 1. The van der Waals surface area contributed by atoms with Crippen LogP contribution in [0.2, 0.25) is 0 Å². The molecule has 0 saturated carbocycles. The third-order valence-corrected chi connectivity index (χ3v) is 7.43. The minimum Gasteiger partial charge on any atom is -0.481 e. The molecule has 0 bridgehead atoms. The lowest BCUT2D eigenvalue weighted by Crippen LogP contribution is -2.23. The molecule has 0 radical (unpaired) electrons. The molecule has 1 amide bonds. The van der Waals surface area contributed by atoms with Gasteiger partial charge in [0.1, 0.15) is 0 Å². The lowest BCUT2D eigenvalue weighted by atomic mass is 10.2. The fourth-order valence-corrected chi connectivity index (χ4v) is 5.39. The van der Waals surface area contributed by atoms with Gasteiger partial charge in [-0.3, -0.25) is 9.59 Å². The van der Waals surface area contributed by atoms with Crippen molar-refractivity contribution < 1.29 is 17.9 Å². The third-order valence-electron chi connectivity index (χ3n) is 4.60. The van der Waals surface area contributed by atoms with E-state index in [0.717, 1.165) is 16.9 Å². The van der Waals surface area contributed by atoms with Crippen LogP contribution in [-0.4, -0.2) is 36.2 Å². The van der Waals surface area contributed by atoms with Gasteiger partial charge in [-0.15, -0.1) is 11.3 Å². The number of primary amides is 1. The highest BCUT2D eigenvalue weighted by Crippen LogP contribution is 2.27. The number of fused-ring (bicyclic) bond motifs is 1. The Kier molecular flexibility index (Phi) is 5.29. The molecule has 1 aromatic carbocycles. The summed E-state index contributed by atoms with van der Waals surface area (Å²) < 4.78 is 32.1. The second-order valence-electron chi connectivity index (χ2n) is 6.58. The second-order valence-corrected chi connectivity index (χ2v) is 9.44. The van der Waals surface area contributed by atoms with Gasteiger partial charge < -0.3 is 10.5 Å². The van der Waals surface area contributed by atoms with Crippen molar-refractivity contribution in [1.82, 2.24) is 14.8 Å². The van der Waals surface area contributed by atoms with Gasteiger partial charge in [-0.05, 0) is 29.8 Å². The first-order chi connectivity index (χ1) is 14.8. The van der Waals surface area contributed by atoms with E-state index in [0.29, 0.717) is 16.7 Å². The Labute approximate surface area is 180 Å². The molecule has 0 aliphatic rings. The number of benzene rings is 1. The van der Waals surface area contributed by atoms with Crippen molar-refractivity contribution in [1.29, 1.82) is 0 Å². The number of pyridine rings is 1. The van der Waals surface area contributed by atoms with Crippen molar-refractivity contribution in [2.45, 2.75) is 16.3 Å². The van der Waals surface area contributed by atoms with E-state index < -0.39 is 15.7 Å². The summed E-state index contributed by atoms with van der Waals surface area (Å²) in [5, 5.41) is 6.24. The van der Waals surface area contributed by atoms with Gasteiger partial charge >= 0.3 is 0 Å². The van der Waals surface area contributed by atoms with Crippen LogP contribution in [0.4, 0.5) is 0 Å². The molecular weight excluding hydrogens is 440 g/mol. The Morgan fingerprint density at radius 3 is 2.61 bits per heavy atom. The Morgan fingerprint density at radius 1 is 1.16 bits per heavy atom. The summed E-state index contributed by atoms with van der Waals surface area (Å²) in [6, 6.07) is 8.91. The van der Waals surface area contributed by atoms with Gasteiger partial charge in [0.25, 0.3) is 11.5 Å². The van der Waals surface area contributed by atoms with Crippen LogP contribution in [-0.2, 0) is 16.4 Å². The normalized spacial score (nSPS) is 11.5. The Hall–Kier alpha value is -3.57. The summed E-state index contributed by atoms with van der Waals surface area (Å²) in [6.45, 7) is 0.205. The van der Waals surface area contributed by atoms with E-state index >= 15 is 0 Å². The van der Waals surface area contributed by atoms with Gasteiger partial charge in [0.2, 0.25) is 15.7 Å². The third kappa shape index (κ3) is 3.92. The summed E-state index contributed by atoms with van der Waals surface area (Å²) in [6.07, 6.45) is 3.03. The number of rotatable bonds is 6. The molecular formula is C20H16N4O5S2. The average Bonchev–Trinajstić information content (AvgIpc) is 3.28. The van der Waals surface area contributed by atoms with Crippen molar-refractivity contribution in [2.24, 2.45) is 5.73 Å². The van der Waals surface area contributed by atoms with Crippen LogP contribution in [0, 0.1) is 0 Å². The average molecular weight is 457 g/mol. The number of hydrogen-bond donors (Lipinski definition) is 1. The number of thiophene rings is 1. The second kappa shape index (κ2) is 7.93. The molecule has 0 spiro atoms. The van der Waals surface area contributed by atoms with Crippen molar-refractivity contribution in [3.8, 4) is 5.88 Å². The van der Waals surface area contributed by atoms with Crippen LogP contribution < -0.4 is 16.0 Å². The van der Waals surface area contributed by atoms with Crippen molar-refractivity contribution >= 4 is 37.9 Å². The van der Waals surface area contributed by atoms with Crippen LogP contribution in [0.5, 0.6) is 5.88 Å². The maximum Gasteiger partial charge on any atom is 0.274 e. The zero-order valence-electron chi connectivity index (χ0n) is 16.2. The number of carbonyl (C=O) groups excluding carboxylic acids is 1. The number of carbonyl (C=O) groups is 1. The molecule has 0 atom stereocenters. The van der Waals surface area contributed by atoms with Crippen molar-refractivity contribution in [3.05, 3.63) is 75.0 Å². The molecule has 158 valence electrons. The summed E-state index contributed by atoms with van der Waals surface area (Å²) in [7, 11) is -2.36. The zero-order valence-corrected chi connectivity index (χ0v) is 17.8. The summed E-state index contributed by atoms with van der Waals surface area (Å²) in [5.74, 6) is -0.230. The number of ether oxygens (including phenoxy) is 1. The fraction of sp³-hybridized carbons (Fsp3) is 0.100. The summed E-state index contributed by atoms with van der Waals surface area (Å²) in [4.78, 5) is 28.3. The van der Waals surface area contributed by atoms with E-state index in [1.165, 1.54) is 47.6 Å². The monoisotopic (exact) mass is 456 g/mol. The molecule has 0 aliphatic carbocycles. The van der Waals surface area contributed by atoms with Crippen molar-refractivity contribution in [3.63, 3.8) is 0 Å². The number of aromatic nitrogens is 3. The van der Waals surface area contributed by atoms with E-state index in [-0.39, 0.29) is 26.8 Å². The smallest absolute Gasteiger partial charge is 0.274 e. The first-order valence-electron chi connectivity index (χ1n) is 8.92. The molecule has 9 nitrogen and oxygen atoms in total. The fourth-order valence-electron chi connectivity index (χ4n) is 2.97. The standard InChI is InChI=1S/C20H16N4O5S2/c1-29-18-5-2-12(8-22-18)10-24-20(26)16-4-3-14(6-13(16)9-23-24)31(27,28)15-7-17(19(21)25)30-11-15/h2-9,11H,10H2,1H3,(H2,21,25). The lowest BCUT2D eigenvalue weighted by Gasteiger charge is -2.08. The van der Waals surface area contributed by atoms with Gasteiger partial charge in [-0.2, -0.15) is 5.10 Å². The highest BCUT2D eigenvalue weighted by Gasteiger charge is 2.21. The zero-order chi connectivity index (χ0) is 22.2. The maximum absolute atomic E-state index is 12.9. The van der Waals surface area contributed by atoms with E-state index in [1.807, 2.05) is 0 Å². The molecule has 3 aromatic heterocycles. The molecule has 11 heteroatoms. The predicted octanol–water partition coefficient (Wildman–Crippen LogP) is 1.84. The minimum atomic E-state index is -3.88. The molecule has 4 aromatic rings. The van der Waals surface area contributed by atoms with Crippen LogP contribution in [0.1, 0.15) is 15.2 Å². The van der Waals surface area contributed by atoms with E-state index in [1.54, 1.807) is 18.3 Å². The van der Waals surface area contributed by atoms with Gasteiger partial charge in [-0.25, -0.2) is 18.1 Å². The summed E-state index contributed by atoms with van der Waals surface area (Å²) in [5.41, 5.74) is 5.61. The number of nitrogens with zero attached hydrogens (tertiary/aromatic N) is 3. The molecule has 4 rings (SSSR count). The quantitative estimate of drug-likeness (QED) is 0.468. The molecule has 3 heterocycles. The van der Waals surface area contributed by atoms with E-state index in [2.05, 4.69) is 10.1 Å². The minimum absolute atomic E-state index is 0.00729. The largest absolute Gasteiger partial charge is 0.481 e. The van der Waals surface area contributed by atoms with Crippen LogP contribution in [0.3, 0.4) is 0 Å². The molecule has 0 aliphatic heterocycles. The Morgan fingerprint density at radius 2 is 1.97 bits per heavy atom. The van der Waals surface area contributed by atoms with Gasteiger partial charge in [0.15, 0.2) is 0 Å². The number of sulfone groups is 1. The van der Waals surface area contributed by atoms with Crippen LogP contribution in [0.25, 0.3) is 10.8 Å². The number of nitrogens with two attached hydrogens (primary N) is 1. The summed E-state index contributed by atoms with van der Waals surface area (Å²) >= 11 is 0.958. The number of methoxy groups -OCH3 is 1. The van der Waals surface area contributed by atoms with Gasteiger partial charge in [-0.1, -0.05) is 6.07 Å². The SMILES string of the molecule is COc1ccc(Cn2ncc3cc(S(=O)(=O)c4csc(C(N)=O)c4)ccc3c2=O)cn1. The first-order valence-corrected chi connectivity index (χ1v) is 11.3. The Bertz CT molecular complexity index is 1460. The highest BCUT2D eigenvalue weighted by molar-refractivity contribution is 7.91.